The van der Waals surface area contributed by atoms with Crippen LogP contribution in [0.1, 0.15) is 45.4 Å². The van der Waals surface area contributed by atoms with Crippen molar-refractivity contribution in [1.29, 1.82) is 0 Å². The molecule has 0 radical (unpaired) electrons. The van der Waals surface area contributed by atoms with Gasteiger partial charge in [0.1, 0.15) is 17.6 Å². The first-order chi connectivity index (χ1) is 15.2. The second kappa shape index (κ2) is 10.1. The Morgan fingerprint density at radius 3 is 2.34 bits per heavy atom. The Labute approximate surface area is 193 Å². The van der Waals surface area contributed by atoms with Gasteiger partial charge in [0.05, 0.1) is 12.8 Å². The van der Waals surface area contributed by atoms with E-state index in [4.69, 9.17) is 9.72 Å². The number of ether oxygens (including phenoxy) is 1. The number of halogens is 1. The molecule has 5 nitrogen and oxygen atoms in total. The Morgan fingerprint density at radius 2 is 1.81 bits per heavy atom. The fourth-order valence-corrected chi connectivity index (χ4v) is 4.40. The fourth-order valence-electron chi connectivity index (χ4n) is 3.28. The number of benzene rings is 2. The van der Waals surface area contributed by atoms with E-state index in [2.05, 4.69) is 31.5 Å². The van der Waals surface area contributed by atoms with E-state index in [1.54, 1.807) is 19.2 Å². The SMILES string of the molecule is CCC(C(=O)NCc1ccc(F)cc1)N(c1ccc(OC)cc1)c1nc(C(C)(C)C)cs1. The lowest BCUT2D eigenvalue weighted by molar-refractivity contribution is -0.122. The molecule has 0 saturated carbocycles. The predicted octanol–water partition coefficient (Wildman–Crippen LogP) is 5.82. The van der Waals surface area contributed by atoms with Crippen molar-refractivity contribution in [3.63, 3.8) is 0 Å². The number of nitrogens with zero attached hydrogens (tertiary/aromatic N) is 2. The molecule has 1 amide bonds. The average Bonchev–Trinajstić information content (AvgIpc) is 3.27. The number of methoxy groups -OCH3 is 1. The zero-order chi connectivity index (χ0) is 23.3. The van der Waals surface area contributed by atoms with Gasteiger partial charge in [0.25, 0.3) is 0 Å². The van der Waals surface area contributed by atoms with Crippen molar-refractivity contribution in [2.75, 3.05) is 12.0 Å². The van der Waals surface area contributed by atoms with E-state index in [-0.39, 0.29) is 17.1 Å². The highest BCUT2D eigenvalue weighted by molar-refractivity contribution is 7.13. The lowest BCUT2D eigenvalue weighted by atomic mass is 9.93. The van der Waals surface area contributed by atoms with Crippen LogP contribution in [0.2, 0.25) is 0 Å². The lowest BCUT2D eigenvalue weighted by Gasteiger charge is -2.30. The first kappa shape index (κ1) is 23.7. The second-order valence-electron chi connectivity index (χ2n) is 8.60. The van der Waals surface area contributed by atoms with Crippen molar-refractivity contribution >= 4 is 28.1 Å². The highest BCUT2D eigenvalue weighted by atomic mass is 32.1. The molecule has 0 aliphatic carbocycles. The minimum absolute atomic E-state index is 0.0904. The van der Waals surface area contributed by atoms with Crippen LogP contribution >= 0.6 is 11.3 Å². The summed E-state index contributed by atoms with van der Waals surface area (Å²) >= 11 is 1.53. The number of anilines is 2. The van der Waals surface area contributed by atoms with Crippen LogP contribution in [0.3, 0.4) is 0 Å². The summed E-state index contributed by atoms with van der Waals surface area (Å²) in [6.45, 7) is 8.68. The van der Waals surface area contributed by atoms with E-state index in [9.17, 15) is 9.18 Å². The molecule has 7 heteroatoms. The Morgan fingerprint density at radius 1 is 1.16 bits per heavy atom. The van der Waals surface area contributed by atoms with Crippen LogP contribution in [0.4, 0.5) is 15.2 Å². The van der Waals surface area contributed by atoms with E-state index in [1.165, 1.54) is 23.5 Å². The molecule has 2 aromatic carbocycles. The predicted molar refractivity (Wildman–Crippen MR) is 128 cm³/mol. The molecule has 0 spiro atoms. The average molecular weight is 456 g/mol. The summed E-state index contributed by atoms with van der Waals surface area (Å²) in [6, 6.07) is 13.3. The monoisotopic (exact) mass is 455 g/mol. The molecular formula is C25H30FN3O2S. The van der Waals surface area contributed by atoms with E-state index in [0.717, 1.165) is 27.8 Å². The number of hydrogen-bond acceptors (Lipinski definition) is 5. The van der Waals surface area contributed by atoms with E-state index in [0.29, 0.717) is 13.0 Å². The number of nitrogens with one attached hydrogen (secondary N) is 1. The number of amides is 1. The minimum Gasteiger partial charge on any atom is -0.497 e. The van der Waals surface area contributed by atoms with Crippen LogP contribution in [0.15, 0.2) is 53.9 Å². The number of rotatable bonds is 8. The molecule has 0 aliphatic rings. The van der Waals surface area contributed by atoms with Crippen LogP contribution in [0.25, 0.3) is 0 Å². The standard InChI is InChI=1S/C25H30FN3O2S/c1-6-21(23(30)27-15-17-7-9-18(26)10-8-17)29(19-11-13-20(31-5)14-12-19)24-28-22(16-32-24)25(2,3)4/h7-14,16,21H,6,15H2,1-5H3,(H,27,30). The molecule has 3 aromatic rings. The van der Waals surface area contributed by atoms with Gasteiger partial charge in [0, 0.05) is 23.0 Å². The number of carbonyl (C=O) groups is 1. The molecule has 1 heterocycles. The van der Waals surface area contributed by atoms with Gasteiger partial charge in [-0.1, -0.05) is 39.8 Å². The van der Waals surface area contributed by atoms with Gasteiger partial charge >= 0.3 is 0 Å². The van der Waals surface area contributed by atoms with Gasteiger partial charge in [0.15, 0.2) is 5.13 Å². The van der Waals surface area contributed by atoms with Gasteiger partial charge in [0.2, 0.25) is 5.91 Å². The van der Waals surface area contributed by atoms with Crippen LogP contribution in [-0.2, 0) is 16.8 Å². The van der Waals surface area contributed by atoms with Gasteiger partial charge in [-0.3, -0.25) is 4.79 Å². The maximum absolute atomic E-state index is 13.3. The van der Waals surface area contributed by atoms with Crippen LogP contribution in [0, 0.1) is 5.82 Å². The summed E-state index contributed by atoms with van der Waals surface area (Å²) in [5, 5.41) is 5.82. The van der Waals surface area contributed by atoms with Crippen molar-refractivity contribution in [2.45, 2.75) is 52.1 Å². The maximum atomic E-state index is 13.3. The third kappa shape index (κ3) is 5.65. The molecule has 1 unspecified atom stereocenters. The van der Waals surface area contributed by atoms with Crippen molar-refractivity contribution in [3.8, 4) is 5.75 Å². The summed E-state index contributed by atoms with van der Waals surface area (Å²) in [4.78, 5) is 20.1. The molecule has 0 bridgehead atoms. The molecule has 1 atom stereocenters. The summed E-state index contributed by atoms with van der Waals surface area (Å²) < 4.78 is 18.5. The van der Waals surface area contributed by atoms with Gasteiger partial charge in [-0.2, -0.15) is 0 Å². The van der Waals surface area contributed by atoms with Gasteiger partial charge < -0.3 is 15.0 Å². The van der Waals surface area contributed by atoms with Crippen molar-refractivity contribution in [2.24, 2.45) is 0 Å². The van der Waals surface area contributed by atoms with Gasteiger partial charge in [-0.15, -0.1) is 11.3 Å². The summed E-state index contributed by atoms with van der Waals surface area (Å²) in [5.41, 5.74) is 2.60. The number of thiazole rings is 1. The Kier molecular flexibility index (Phi) is 7.51. The topological polar surface area (TPSA) is 54.5 Å². The summed E-state index contributed by atoms with van der Waals surface area (Å²) in [7, 11) is 1.63. The summed E-state index contributed by atoms with van der Waals surface area (Å²) in [6.07, 6.45) is 0.589. The smallest absolute Gasteiger partial charge is 0.243 e. The largest absolute Gasteiger partial charge is 0.497 e. The minimum atomic E-state index is -0.456. The maximum Gasteiger partial charge on any atom is 0.243 e. The molecule has 1 N–H and O–H groups in total. The quantitative estimate of drug-likeness (QED) is 0.465. The van der Waals surface area contributed by atoms with Crippen molar-refractivity contribution in [1.82, 2.24) is 10.3 Å². The zero-order valence-electron chi connectivity index (χ0n) is 19.2. The number of hydrogen-bond donors (Lipinski definition) is 1. The first-order valence-electron chi connectivity index (χ1n) is 10.6. The van der Waals surface area contributed by atoms with Crippen LogP contribution < -0.4 is 15.0 Å². The highest BCUT2D eigenvalue weighted by Gasteiger charge is 2.29. The van der Waals surface area contributed by atoms with Crippen molar-refractivity contribution < 1.29 is 13.9 Å². The Bertz CT molecular complexity index is 1030. The molecular weight excluding hydrogens is 425 g/mol. The third-order valence-corrected chi connectivity index (χ3v) is 6.04. The molecule has 0 fully saturated rings. The Balaban J connectivity index is 1.91. The van der Waals surface area contributed by atoms with Crippen LogP contribution in [0.5, 0.6) is 5.75 Å². The van der Waals surface area contributed by atoms with E-state index < -0.39 is 6.04 Å². The molecule has 3 rings (SSSR count). The number of carbonyl (C=O) groups excluding carboxylic acids is 1. The first-order valence-corrected chi connectivity index (χ1v) is 11.5. The van der Waals surface area contributed by atoms with Crippen molar-refractivity contribution in [3.05, 3.63) is 71.0 Å². The normalized spacial score (nSPS) is 12.3. The molecule has 1 aromatic heterocycles. The zero-order valence-corrected chi connectivity index (χ0v) is 20.0. The fraction of sp³-hybridized carbons (Fsp3) is 0.360. The number of aromatic nitrogens is 1. The lowest BCUT2D eigenvalue weighted by Crippen LogP contribution is -2.44. The highest BCUT2D eigenvalue weighted by Crippen LogP contribution is 2.35. The third-order valence-electron chi connectivity index (χ3n) is 5.20. The molecule has 0 aliphatic heterocycles. The molecule has 0 saturated heterocycles. The molecule has 32 heavy (non-hydrogen) atoms. The van der Waals surface area contributed by atoms with Crippen LogP contribution in [-0.4, -0.2) is 24.0 Å². The summed E-state index contributed by atoms with van der Waals surface area (Å²) in [5.74, 6) is 0.341. The van der Waals surface area contributed by atoms with E-state index >= 15 is 0 Å². The van der Waals surface area contributed by atoms with Gasteiger partial charge in [-0.25, -0.2) is 9.37 Å². The second-order valence-corrected chi connectivity index (χ2v) is 9.44. The van der Waals surface area contributed by atoms with E-state index in [1.807, 2.05) is 36.1 Å². The Hall–Kier alpha value is -2.93. The molecule has 170 valence electrons. The van der Waals surface area contributed by atoms with Gasteiger partial charge in [-0.05, 0) is 48.4 Å².